The Kier molecular flexibility index (Phi) is 5.07. The van der Waals surface area contributed by atoms with Gasteiger partial charge in [-0.2, -0.15) is 5.10 Å². The highest BCUT2D eigenvalue weighted by Gasteiger charge is 2.12. The number of aromatic nitrogens is 2. The summed E-state index contributed by atoms with van der Waals surface area (Å²) in [5.74, 6) is -0.771. The number of aryl methyl sites for hydroxylation is 3. The molecule has 5 heteroatoms. The van der Waals surface area contributed by atoms with Crippen LogP contribution in [0.25, 0.3) is 5.69 Å². The molecule has 0 saturated heterocycles. The van der Waals surface area contributed by atoms with Crippen molar-refractivity contribution < 1.29 is 9.90 Å². The molecule has 0 aliphatic rings. The lowest BCUT2D eigenvalue weighted by molar-refractivity contribution is -0.133. The van der Waals surface area contributed by atoms with Crippen molar-refractivity contribution in [2.45, 2.75) is 38.6 Å². The molecule has 0 aliphatic heterocycles. The molecule has 1 aromatic carbocycles. The van der Waals surface area contributed by atoms with Gasteiger partial charge in [-0.25, -0.2) is 4.68 Å². The van der Waals surface area contributed by atoms with Crippen molar-refractivity contribution >= 4 is 17.7 Å². The maximum absolute atomic E-state index is 10.8. The van der Waals surface area contributed by atoms with Crippen molar-refractivity contribution in [2.24, 2.45) is 0 Å². The number of hydrogen-bond donors (Lipinski definition) is 1. The minimum absolute atomic E-state index is 0.0437. The number of thioether (sulfide) groups is 1. The summed E-state index contributed by atoms with van der Waals surface area (Å²) in [7, 11) is 0. The summed E-state index contributed by atoms with van der Waals surface area (Å²) in [6.07, 6.45) is 1.92. The molecule has 0 saturated carbocycles. The van der Waals surface area contributed by atoms with Crippen LogP contribution in [-0.4, -0.2) is 26.6 Å². The highest BCUT2D eigenvalue weighted by atomic mass is 32.2. The summed E-state index contributed by atoms with van der Waals surface area (Å²) < 4.78 is 1.86. The minimum Gasteiger partial charge on any atom is -0.481 e. The standard InChI is InChI=1S/C16H20N2O2S/c1-4-5-13-9-15(21-10-16(19)20)18(17-13)14-7-11(2)6-12(3)8-14/h6-9H,4-5,10H2,1-3H3,(H,19,20). The van der Waals surface area contributed by atoms with Crippen molar-refractivity contribution in [1.82, 2.24) is 9.78 Å². The van der Waals surface area contributed by atoms with E-state index < -0.39 is 5.97 Å². The molecular formula is C16H20N2O2S. The molecule has 0 aliphatic carbocycles. The summed E-state index contributed by atoms with van der Waals surface area (Å²) in [5.41, 5.74) is 4.34. The first-order valence-electron chi connectivity index (χ1n) is 7.01. The van der Waals surface area contributed by atoms with Gasteiger partial charge in [0.1, 0.15) is 5.03 Å². The first kappa shape index (κ1) is 15.6. The quantitative estimate of drug-likeness (QED) is 0.828. The average molecular weight is 304 g/mol. The van der Waals surface area contributed by atoms with Gasteiger partial charge in [0.25, 0.3) is 0 Å². The summed E-state index contributed by atoms with van der Waals surface area (Å²) in [4.78, 5) is 10.8. The molecule has 1 N–H and O–H groups in total. The molecule has 0 spiro atoms. The lowest BCUT2D eigenvalue weighted by Crippen LogP contribution is -2.03. The van der Waals surface area contributed by atoms with Crippen LogP contribution < -0.4 is 0 Å². The predicted octanol–water partition coefficient (Wildman–Crippen LogP) is 3.62. The van der Waals surface area contributed by atoms with E-state index in [2.05, 4.69) is 44.1 Å². The number of hydrogen-bond acceptors (Lipinski definition) is 3. The monoisotopic (exact) mass is 304 g/mol. The minimum atomic E-state index is -0.815. The van der Waals surface area contributed by atoms with E-state index in [0.717, 1.165) is 29.2 Å². The Balaban J connectivity index is 2.41. The molecule has 0 atom stereocenters. The van der Waals surface area contributed by atoms with Crippen molar-refractivity contribution in [3.8, 4) is 5.69 Å². The molecular weight excluding hydrogens is 284 g/mol. The van der Waals surface area contributed by atoms with Crippen LogP contribution in [0.4, 0.5) is 0 Å². The smallest absolute Gasteiger partial charge is 0.313 e. The Bertz CT molecular complexity index is 629. The molecule has 112 valence electrons. The summed E-state index contributed by atoms with van der Waals surface area (Å²) in [6, 6.07) is 8.25. The number of benzene rings is 1. The van der Waals surface area contributed by atoms with Gasteiger partial charge in [-0.1, -0.05) is 31.2 Å². The van der Waals surface area contributed by atoms with Crippen molar-refractivity contribution in [3.05, 3.63) is 41.1 Å². The van der Waals surface area contributed by atoms with E-state index in [-0.39, 0.29) is 5.75 Å². The molecule has 2 aromatic rings. The van der Waals surface area contributed by atoms with Gasteiger partial charge in [-0.15, -0.1) is 0 Å². The normalized spacial score (nSPS) is 10.8. The topological polar surface area (TPSA) is 55.1 Å². The third-order valence-electron chi connectivity index (χ3n) is 3.03. The second-order valence-corrected chi connectivity index (χ2v) is 6.16. The highest BCUT2D eigenvalue weighted by Crippen LogP contribution is 2.25. The van der Waals surface area contributed by atoms with Gasteiger partial charge in [-0.3, -0.25) is 4.79 Å². The van der Waals surface area contributed by atoms with Gasteiger partial charge in [0.05, 0.1) is 17.1 Å². The number of nitrogens with zero attached hydrogens (tertiary/aromatic N) is 2. The number of carbonyl (C=O) groups is 1. The maximum atomic E-state index is 10.8. The largest absolute Gasteiger partial charge is 0.481 e. The van der Waals surface area contributed by atoms with Crippen molar-refractivity contribution in [1.29, 1.82) is 0 Å². The Morgan fingerprint density at radius 1 is 1.24 bits per heavy atom. The van der Waals surface area contributed by atoms with Crippen LogP contribution >= 0.6 is 11.8 Å². The second kappa shape index (κ2) is 6.80. The van der Waals surface area contributed by atoms with E-state index >= 15 is 0 Å². The molecule has 0 unspecified atom stereocenters. The number of carboxylic acid groups (broad SMARTS) is 1. The summed E-state index contributed by atoms with van der Waals surface area (Å²) >= 11 is 1.31. The van der Waals surface area contributed by atoms with Gasteiger partial charge in [0.2, 0.25) is 0 Å². The van der Waals surface area contributed by atoms with Gasteiger partial charge in [0, 0.05) is 0 Å². The molecule has 0 bridgehead atoms. The third kappa shape index (κ3) is 4.11. The van der Waals surface area contributed by atoms with E-state index in [1.807, 2.05) is 10.7 Å². The van der Waals surface area contributed by atoms with Gasteiger partial charge < -0.3 is 5.11 Å². The Hall–Kier alpha value is -1.75. The molecule has 21 heavy (non-hydrogen) atoms. The molecule has 0 fully saturated rings. The van der Waals surface area contributed by atoms with Crippen LogP contribution in [0.2, 0.25) is 0 Å². The Morgan fingerprint density at radius 2 is 1.90 bits per heavy atom. The average Bonchev–Trinajstić information content (AvgIpc) is 2.79. The number of carboxylic acids is 1. The van der Waals surface area contributed by atoms with E-state index in [1.165, 1.54) is 22.9 Å². The predicted molar refractivity (Wildman–Crippen MR) is 85.4 cm³/mol. The van der Waals surface area contributed by atoms with Crippen LogP contribution in [0, 0.1) is 13.8 Å². The van der Waals surface area contributed by atoms with Crippen LogP contribution in [0.15, 0.2) is 29.3 Å². The van der Waals surface area contributed by atoms with Gasteiger partial charge in [0.15, 0.2) is 0 Å². The van der Waals surface area contributed by atoms with Gasteiger partial charge >= 0.3 is 5.97 Å². The number of rotatable bonds is 6. The Labute approximate surface area is 129 Å². The number of aliphatic carboxylic acids is 1. The molecule has 0 amide bonds. The molecule has 2 rings (SSSR count). The zero-order valence-corrected chi connectivity index (χ0v) is 13.4. The van der Waals surface area contributed by atoms with Crippen LogP contribution in [-0.2, 0) is 11.2 Å². The molecule has 1 heterocycles. The van der Waals surface area contributed by atoms with Crippen LogP contribution in [0.1, 0.15) is 30.2 Å². The fourth-order valence-corrected chi connectivity index (χ4v) is 3.04. The molecule has 0 radical (unpaired) electrons. The fraction of sp³-hybridized carbons (Fsp3) is 0.375. The highest BCUT2D eigenvalue weighted by molar-refractivity contribution is 7.99. The third-order valence-corrected chi connectivity index (χ3v) is 4.01. The molecule has 4 nitrogen and oxygen atoms in total. The van der Waals surface area contributed by atoms with Crippen molar-refractivity contribution in [2.75, 3.05) is 5.75 Å². The van der Waals surface area contributed by atoms with Crippen LogP contribution in [0.5, 0.6) is 0 Å². The summed E-state index contributed by atoms with van der Waals surface area (Å²) in [6.45, 7) is 6.22. The lowest BCUT2D eigenvalue weighted by Gasteiger charge is -2.08. The van der Waals surface area contributed by atoms with E-state index in [4.69, 9.17) is 5.11 Å². The lowest BCUT2D eigenvalue weighted by atomic mass is 10.1. The van der Waals surface area contributed by atoms with E-state index in [9.17, 15) is 4.79 Å². The van der Waals surface area contributed by atoms with Crippen LogP contribution in [0.3, 0.4) is 0 Å². The fourth-order valence-electron chi connectivity index (χ4n) is 2.28. The van der Waals surface area contributed by atoms with Gasteiger partial charge in [-0.05, 0) is 49.6 Å². The van der Waals surface area contributed by atoms with E-state index in [0.29, 0.717) is 0 Å². The Morgan fingerprint density at radius 3 is 2.48 bits per heavy atom. The SMILES string of the molecule is CCCc1cc(SCC(=O)O)n(-c2cc(C)cc(C)c2)n1. The second-order valence-electron chi connectivity index (χ2n) is 5.16. The first-order valence-corrected chi connectivity index (χ1v) is 8.00. The maximum Gasteiger partial charge on any atom is 0.313 e. The molecule has 1 aromatic heterocycles. The zero-order chi connectivity index (χ0) is 15.4. The zero-order valence-electron chi connectivity index (χ0n) is 12.6. The first-order chi connectivity index (χ1) is 9.99. The summed E-state index contributed by atoms with van der Waals surface area (Å²) in [5, 5.41) is 14.4. The van der Waals surface area contributed by atoms with E-state index in [1.54, 1.807) is 0 Å². The van der Waals surface area contributed by atoms with Crippen molar-refractivity contribution in [3.63, 3.8) is 0 Å².